The molecule has 4 rings (SSSR count). The maximum absolute atomic E-state index is 12.9. The smallest absolute Gasteiger partial charge is 0.409 e. The lowest BCUT2D eigenvalue weighted by atomic mass is 10.1. The molecular formula is C20H26N4O3. The van der Waals surface area contributed by atoms with Crippen molar-refractivity contribution in [2.45, 2.75) is 38.6 Å². The van der Waals surface area contributed by atoms with Crippen LogP contribution < -0.4 is 0 Å². The van der Waals surface area contributed by atoms with Crippen LogP contribution in [-0.4, -0.2) is 64.1 Å². The van der Waals surface area contributed by atoms with E-state index < -0.39 is 0 Å². The molecule has 0 unspecified atom stereocenters. The van der Waals surface area contributed by atoms with Gasteiger partial charge in [0.05, 0.1) is 24.0 Å². The zero-order valence-electron chi connectivity index (χ0n) is 15.8. The van der Waals surface area contributed by atoms with Crippen LogP contribution in [0.4, 0.5) is 4.79 Å². The second-order valence-corrected chi connectivity index (χ2v) is 7.27. The minimum atomic E-state index is -0.302. The number of hydrogen-bond donors (Lipinski definition) is 0. The first kappa shape index (κ1) is 17.8. The number of hydrogen-bond acceptors (Lipinski definition) is 4. The number of carbonyl (C=O) groups is 2. The molecule has 0 atom stereocenters. The number of aromatic nitrogens is 2. The Kier molecular flexibility index (Phi) is 5.01. The Morgan fingerprint density at radius 1 is 1.11 bits per heavy atom. The summed E-state index contributed by atoms with van der Waals surface area (Å²) in [4.78, 5) is 32.6. The van der Waals surface area contributed by atoms with Gasteiger partial charge in [-0.2, -0.15) is 0 Å². The fraction of sp³-hybridized carbons (Fsp3) is 0.550. The molecule has 1 aromatic heterocycles. The number of nitrogens with zero attached hydrogens (tertiary/aromatic N) is 4. The molecule has 0 bridgehead atoms. The number of ether oxygens (including phenoxy) is 1. The molecule has 7 heteroatoms. The lowest BCUT2D eigenvalue weighted by molar-refractivity contribution is 0.0570. The molecule has 2 amide bonds. The van der Waals surface area contributed by atoms with Gasteiger partial charge in [0.25, 0.3) is 5.91 Å². The molecule has 7 nitrogen and oxygen atoms in total. The Balaban J connectivity index is 1.45. The molecule has 0 N–H and O–H groups in total. The molecule has 1 saturated heterocycles. The van der Waals surface area contributed by atoms with Crippen LogP contribution >= 0.6 is 0 Å². The Bertz CT molecular complexity index is 833. The first-order chi connectivity index (χ1) is 13.2. The molecule has 1 saturated carbocycles. The minimum absolute atomic E-state index is 0.00387. The molecule has 0 spiro atoms. The van der Waals surface area contributed by atoms with Crippen molar-refractivity contribution >= 4 is 23.0 Å². The summed E-state index contributed by atoms with van der Waals surface area (Å²) in [5.41, 5.74) is 2.63. The third kappa shape index (κ3) is 3.50. The fourth-order valence-corrected chi connectivity index (χ4v) is 4.13. The van der Waals surface area contributed by atoms with Crippen LogP contribution in [0, 0.1) is 0 Å². The van der Waals surface area contributed by atoms with E-state index in [1.54, 1.807) is 16.7 Å². The third-order valence-corrected chi connectivity index (χ3v) is 5.63. The fourth-order valence-electron chi connectivity index (χ4n) is 4.13. The highest BCUT2D eigenvalue weighted by atomic mass is 16.6. The molecule has 0 radical (unpaired) electrons. The van der Waals surface area contributed by atoms with Gasteiger partial charge in [0, 0.05) is 37.8 Å². The minimum Gasteiger partial charge on any atom is -0.450 e. The average molecular weight is 370 g/mol. The van der Waals surface area contributed by atoms with Crippen LogP contribution in [0.25, 0.3) is 11.0 Å². The predicted molar refractivity (Wildman–Crippen MR) is 102 cm³/mol. The van der Waals surface area contributed by atoms with Crippen LogP contribution in [0.2, 0.25) is 0 Å². The van der Waals surface area contributed by atoms with E-state index in [2.05, 4.69) is 9.55 Å². The zero-order valence-corrected chi connectivity index (χ0v) is 15.8. The molecule has 27 heavy (non-hydrogen) atoms. The highest BCUT2D eigenvalue weighted by Gasteiger charge is 2.26. The van der Waals surface area contributed by atoms with E-state index in [9.17, 15) is 9.59 Å². The van der Waals surface area contributed by atoms with E-state index in [-0.39, 0.29) is 12.0 Å². The van der Waals surface area contributed by atoms with E-state index in [0.717, 1.165) is 11.0 Å². The highest BCUT2D eigenvalue weighted by molar-refractivity contribution is 5.97. The van der Waals surface area contributed by atoms with Crippen molar-refractivity contribution in [3.05, 3.63) is 30.1 Å². The van der Waals surface area contributed by atoms with Gasteiger partial charge in [-0.1, -0.05) is 12.8 Å². The lowest BCUT2D eigenvalue weighted by Crippen LogP contribution is -2.50. The second kappa shape index (κ2) is 7.58. The van der Waals surface area contributed by atoms with Gasteiger partial charge in [0.1, 0.15) is 0 Å². The van der Waals surface area contributed by atoms with E-state index in [1.165, 1.54) is 25.7 Å². The highest BCUT2D eigenvalue weighted by Crippen LogP contribution is 2.32. The molecule has 144 valence electrons. The van der Waals surface area contributed by atoms with E-state index in [0.29, 0.717) is 44.4 Å². The van der Waals surface area contributed by atoms with Crippen LogP contribution in [0.15, 0.2) is 24.5 Å². The van der Waals surface area contributed by atoms with Gasteiger partial charge in [-0.3, -0.25) is 4.79 Å². The number of piperazine rings is 1. The van der Waals surface area contributed by atoms with Gasteiger partial charge >= 0.3 is 6.09 Å². The van der Waals surface area contributed by atoms with Crippen LogP contribution in [0.3, 0.4) is 0 Å². The summed E-state index contributed by atoms with van der Waals surface area (Å²) in [7, 11) is 0. The number of rotatable bonds is 3. The largest absolute Gasteiger partial charge is 0.450 e. The van der Waals surface area contributed by atoms with Gasteiger partial charge < -0.3 is 19.1 Å². The molecule has 1 aromatic carbocycles. The second-order valence-electron chi connectivity index (χ2n) is 7.27. The van der Waals surface area contributed by atoms with Crippen LogP contribution in [0.1, 0.15) is 49.0 Å². The zero-order chi connectivity index (χ0) is 18.8. The Hall–Kier alpha value is -2.57. The summed E-state index contributed by atoms with van der Waals surface area (Å²) < 4.78 is 7.29. The number of carbonyl (C=O) groups excluding carboxylic acids is 2. The topological polar surface area (TPSA) is 67.7 Å². The SMILES string of the molecule is CCOC(=O)N1CCN(C(=O)c2ccc3c(c2)ncn3C2CCCC2)CC1. The molecule has 2 fully saturated rings. The standard InChI is InChI=1S/C20H26N4O3/c1-2-27-20(26)23-11-9-22(10-12-23)19(25)15-7-8-18-17(13-15)21-14-24(18)16-5-3-4-6-16/h7-8,13-14,16H,2-6,9-12H2,1H3. The summed E-state index contributed by atoms with van der Waals surface area (Å²) in [5.74, 6) is -0.00387. The van der Waals surface area contributed by atoms with E-state index in [1.807, 2.05) is 24.5 Å². The van der Waals surface area contributed by atoms with Crippen molar-refractivity contribution in [1.29, 1.82) is 0 Å². The molecular weight excluding hydrogens is 344 g/mol. The van der Waals surface area contributed by atoms with E-state index >= 15 is 0 Å². The first-order valence-electron chi connectivity index (χ1n) is 9.85. The third-order valence-electron chi connectivity index (χ3n) is 5.63. The van der Waals surface area contributed by atoms with Crippen molar-refractivity contribution in [2.24, 2.45) is 0 Å². The van der Waals surface area contributed by atoms with Gasteiger partial charge in [0.2, 0.25) is 0 Å². The number of benzene rings is 1. The molecule has 1 aliphatic carbocycles. The average Bonchev–Trinajstić information content (AvgIpc) is 3.36. The maximum Gasteiger partial charge on any atom is 0.409 e. The number of amides is 2. The van der Waals surface area contributed by atoms with Crippen LogP contribution in [0.5, 0.6) is 0 Å². The van der Waals surface area contributed by atoms with Crippen molar-refractivity contribution in [3.63, 3.8) is 0 Å². The number of imidazole rings is 1. The Morgan fingerprint density at radius 2 is 1.81 bits per heavy atom. The quantitative estimate of drug-likeness (QED) is 0.833. The summed E-state index contributed by atoms with van der Waals surface area (Å²) in [6.45, 7) is 4.21. The summed E-state index contributed by atoms with van der Waals surface area (Å²) in [6.07, 6.45) is 6.57. The van der Waals surface area contributed by atoms with Gasteiger partial charge in [-0.15, -0.1) is 0 Å². The lowest BCUT2D eigenvalue weighted by Gasteiger charge is -2.34. The Morgan fingerprint density at radius 3 is 2.52 bits per heavy atom. The Labute approximate surface area is 158 Å². The van der Waals surface area contributed by atoms with Gasteiger partial charge in [-0.05, 0) is 38.0 Å². The molecule has 1 aliphatic heterocycles. The first-order valence-corrected chi connectivity index (χ1v) is 9.85. The number of fused-ring (bicyclic) bond motifs is 1. The summed E-state index contributed by atoms with van der Waals surface area (Å²) in [6, 6.07) is 6.34. The summed E-state index contributed by atoms with van der Waals surface area (Å²) >= 11 is 0. The predicted octanol–water partition coefficient (Wildman–Crippen LogP) is 3.07. The van der Waals surface area contributed by atoms with Gasteiger partial charge in [-0.25, -0.2) is 9.78 Å². The monoisotopic (exact) mass is 370 g/mol. The van der Waals surface area contributed by atoms with Crippen molar-refractivity contribution in [1.82, 2.24) is 19.4 Å². The van der Waals surface area contributed by atoms with E-state index in [4.69, 9.17) is 4.74 Å². The summed E-state index contributed by atoms with van der Waals surface area (Å²) in [5, 5.41) is 0. The van der Waals surface area contributed by atoms with Gasteiger partial charge in [0.15, 0.2) is 0 Å². The molecule has 2 aromatic rings. The maximum atomic E-state index is 12.9. The van der Waals surface area contributed by atoms with Crippen molar-refractivity contribution in [3.8, 4) is 0 Å². The molecule has 2 heterocycles. The molecule has 2 aliphatic rings. The van der Waals surface area contributed by atoms with Crippen molar-refractivity contribution < 1.29 is 14.3 Å². The normalized spacial score (nSPS) is 18.3. The van der Waals surface area contributed by atoms with Crippen molar-refractivity contribution in [2.75, 3.05) is 32.8 Å². The van der Waals surface area contributed by atoms with Crippen LogP contribution in [-0.2, 0) is 4.74 Å².